The molecule has 4 rings (SSSR count). The van der Waals surface area contributed by atoms with Crippen molar-refractivity contribution >= 4 is 28.6 Å². The summed E-state index contributed by atoms with van der Waals surface area (Å²) >= 11 is 2.72. The van der Waals surface area contributed by atoms with Crippen LogP contribution in [0, 0.1) is 6.92 Å². The molecule has 3 atom stereocenters. The summed E-state index contributed by atoms with van der Waals surface area (Å²) in [7, 11) is 0. The van der Waals surface area contributed by atoms with Crippen molar-refractivity contribution in [2.75, 3.05) is 0 Å². The monoisotopic (exact) mass is 336 g/mol. The third-order valence-corrected chi connectivity index (χ3v) is 5.80. The number of nitrogens with zero attached hydrogens (tertiary/aromatic N) is 2. The predicted molar refractivity (Wildman–Crippen MR) is 84.9 cm³/mol. The Morgan fingerprint density at radius 3 is 2.95 bits per heavy atom. The van der Waals surface area contributed by atoms with Crippen molar-refractivity contribution in [2.45, 2.75) is 44.3 Å². The van der Waals surface area contributed by atoms with Crippen molar-refractivity contribution in [1.82, 2.24) is 20.8 Å². The number of rotatable bonds is 4. The highest BCUT2D eigenvalue weighted by molar-refractivity contribution is 7.16. The number of thiophene rings is 1. The number of fused-ring (bicyclic) bond motifs is 2. The lowest BCUT2D eigenvalue weighted by Crippen LogP contribution is -2.42. The molecule has 8 heteroatoms. The van der Waals surface area contributed by atoms with Gasteiger partial charge < -0.3 is 15.4 Å². The van der Waals surface area contributed by atoms with E-state index >= 15 is 0 Å². The van der Waals surface area contributed by atoms with Gasteiger partial charge in [-0.25, -0.2) is 0 Å². The first-order valence-corrected chi connectivity index (χ1v) is 8.95. The van der Waals surface area contributed by atoms with E-state index in [9.17, 15) is 4.79 Å². The molecular weight excluding hydrogens is 320 g/mol. The summed E-state index contributed by atoms with van der Waals surface area (Å²) in [5, 5.41) is 16.5. The molecule has 0 saturated carbocycles. The quantitative estimate of drug-likeness (QED) is 0.896. The van der Waals surface area contributed by atoms with Crippen molar-refractivity contribution in [3.8, 4) is 10.3 Å². The van der Waals surface area contributed by atoms with Gasteiger partial charge in [0, 0.05) is 18.1 Å². The molecule has 2 saturated heterocycles. The average molecular weight is 336 g/mol. The molecule has 2 aromatic heterocycles. The maximum absolute atomic E-state index is 12.3. The lowest BCUT2D eigenvalue weighted by Gasteiger charge is -2.20. The molecule has 2 N–H and O–H groups in total. The average Bonchev–Trinajstić information content (AvgIpc) is 3.24. The van der Waals surface area contributed by atoms with Gasteiger partial charge in [0.25, 0.3) is 11.1 Å². The molecule has 2 aliphatic rings. The van der Waals surface area contributed by atoms with Gasteiger partial charge in [-0.3, -0.25) is 4.79 Å². The van der Waals surface area contributed by atoms with Gasteiger partial charge in [0.2, 0.25) is 0 Å². The summed E-state index contributed by atoms with van der Waals surface area (Å²) in [6.45, 7) is 1.88. The summed E-state index contributed by atoms with van der Waals surface area (Å²) < 4.78 is 5.62. The number of ether oxygens (including phenoxy) is 1. The molecular formula is C14H16N4O2S2. The second-order valence-corrected chi connectivity index (χ2v) is 7.86. The van der Waals surface area contributed by atoms with Gasteiger partial charge in [-0.1, -0.05) is 27.8 Å². The van der Waals surface area contributed by atoms with Crippen molar-refractivity contribution < 1.29 is 9.53 Å². The normalized spacial score (nSPS) is 26.3. The number of hydrogen-bond donors (Lipinski definition) is 2. The molecule has 22 heavy (non-hydrogen) atoms. The van der Waals surface area contributed by atoms with Crippen molar-refractivity contribution in [2.24, 2.45) is 0 Å². The third kappa shape index (κ3) is 2.73. The Labute approximate surface area is 135 Å². The second-order valence-electron chi connectivity index (χ2n) is 5.67. The zero-order chi connectivity index (χ0) is 15.1. The first kappa shape index (κ1) is 14.1. The zero-order valence-electron chi connectivity index (χ0n) is 12.0. The number of hydrogen-bond acceptors (Lipinski definition) is 7. The molecule has 0 unspecified atom stereocenters. The fourth-order valence-electron chi connectivity index (χ4n) is 3.13. The Morgan fingerprint density at radius 1 is 1.36 bits per heavy atom. The van der Waals surface area contributed by atoms with Crippen LogP contribution in [0.1, 0.15) is 33.9 Å². The number of carbonyl (C=O) groups is 1. The summed E-state index contributed by atoms with van der Waals surface area (Å²) in [6.07, 6.45) is 3.43. The minimum atomic E-state index is -0.0207. The Bertz CT molecular complexity index is 699. The Balaban J connectivity index is 1.39. The molecule has 4 heterocycles. The van der Waals surface area contributed by atoms with E-state index in [2.05, 4.69) is 20.8 Å². The van der Waals surface area contributed by atoms with Gasteiger partial charge in [-0.2, -0.15) is 0 Å². The van der Waals surface area contributed by atoms with Crippen LogP contribution in [0.15, 0.2) is 12.1 Å². The fourth-order valence-corrected chi connectivity index (χ4v) is 4.49. The summed E-state index contributed by atoms with van der Waals surface area (Å²) in [5.41, 5.74) is 0. The maximum Gasteiger partial charge on any atom is 0.300 e. The van der Waals surface area contributed by atoms with Crippen LogP contribution < -0.4 is 15.4 Å². The van der Waals surface area contributed by atoms with Crippen LogP contribution in [0.3, 0.4) is 0 Å². The standard InChI is InChI=1S/C14H16N4O2S2/c1-7-17-18-14(21-7)20-12-5-4-11(22-12)13(19)16-10-6-8-2-3-9(10)15-8/h4-5,8-10,15H,2-3,6H2,1H3,(H,16,19)/t8-,9+,10-/m1/s1. The summed E-state index contributed by atoms with van der Waals surface area (Å²) in [4.78, 5) is 13.0. The molecule has 2 aliphatic heterocycles. The molecule has 0 aliphatic carbocycles. The number of amides is 1. The first-order valence-electron chi connectivity index (χ1n) is 7.32. The molecule has 0 radical (unpaired) electrons. The molecule has 0 spiro atoms. The third-order valence-electron chi connectivity index (χ3n) is 4.12. The zero-order valence-corrected chi connectivity index (χ0v) is 13.7. The highest BCUT2D eigenvalue weighted by Crippen LogP contribution is 2.32. The molecule has 2 bridgehead atoms. The van der Waals surface area contributed by atoms with Crippen LogP contribution in [0.2, 0.25) is 0 Å². The summed E-state index contributed by atoms with van der Waals surface area (Å²) in [6, 6.07) is 4.87. The van der Waals surface area contributed by atoms with E-state index in [1.165, 1.54) is 29.1 Å². The van der Waals surface area contributed by atoms with Crippen LogP contribution in [0.25, 0.3) is 0 Å². The van der Waals surface area contributed by atoms with E-state index in [1.54, 1.807) is 12.1 Å². The van der Waals surface area contributed by atoms with E-state index in [0.29, 0.717) is 27.2 Å². The topological polar surface area (TPSA) is 76.1 Å². The van der Waals surface area contributed by atoms with E-state index in [1.807, 2.05) is 6.92 Å². The Morgan fingerprint density at radius 2 is 2.27 bits per heavy atom. The van der Waals surface area contributed by atoms with Crippen LogP contribution in [0.5, 0.6) is 10.3 Å². The number of aromatic nitrogens is 2. The number of aryl methyl sites for hydroxylation is 1. The highest BCUT2D eigenvalue weighted by atomic mass is 32.1. The largest absolute Gasteiger partial charge is 0.419 e. The highest BCUT2D eigenvalue weighted by Gasteiger charge is 2.39. The maximum atomic E-state index is 12.3. The molecule has 2 fully saturated rings. The van der Waals surface area contributed by atoms with Gasteiger partial charge >= 0.3 is 0 Å². The molecule has 0 aromatic carbocycles. The van der Waals surface area contributed by atoms with Gasteiger partial charge in [-0.15, -0.1) is 5.10 Å². The Kier molecular flexibility index (Phi) is 3.59. The van der Waals surface area contributed by atoms with E-state index in [4.69, 9.17) is 4.74 Å². The SMILES string of the molecule is Cc1nnc(Oc2ccc(C(=O)N[C@@H]3C[C@H]4CC[C@@H]3N4)s2)s1. The number of carbonyl (C=O) groups excluding carboxylic acids is 1. The molecule has 116 valence electrons. The van der Waals surface area contributed by atoms with Crippen LogP contribution in [-0.4, -0.2) is 34.2 Å². The lowest BCUT2D eigenvalue weighted by atomic mass is 9.95. The van der Waals surface area contributed by atoms with Crippen molar-refractivity contribution in [3.63, 3.8) is 0 Å². The number of nitrogens with one attached hydrogen (secondary N) is 2. The van der Waals surface area contributed by atoms with Crippen molar-refractivity contribution in [3.05, 3.63) is 22.0 Å². The van der Waals surface area contributed by atoms with Crippen molar-refractivity contribution in [1.29, 1.82) is 0 Å². The van der Waals surface area contributed by atoms with Crippen LogP contribution >= 0.6 is 22.7 Å². The minimum absolute atomic E-state index is 0.0207. The van der Waals surface area contributed by atoms with Gasteiger partial charge in [-0.05, 0) is 38.3 Å². The first-order chi connectivity index (χ1) is 10.7. The van der Waals surface area contributed by atoms with Gasteiger partial charge in [0.1, 0.15) is 5.01 Å². The van der Waals surface area contributed by atoms with Gasteiger partial charge in [0.15, 0.2) is 5.06 Å². The predicted octanol–water partition coefficient (Wildman–Crippen LogP) is 2.32. The van der Waals surface area contributed by atoms with Crippen LogP contribution in [-0.2, 0) is 0 Å². The molecule has 1 amide bonds. The summed E-state index contributed by atoms with van der Waals surface area (Å²) in [5.74, 6) is -0.0207. The lowest BCUT2D eigenvalue weighted by molar-refractivity contribution is 0.0935. The minimum Gasteiger partial charge on any atom is -0.419 e. The molecule has 6 nitrogen and oxygen atoms in total. The van der Waals surface area contributed by atoms with E-state index in [0.717, 1.165) is 17.8 Å². The van der Waals surface area contributed by atoms with Gasteiger partial charge in [0.05, 0.1) is 4.88 Å². The van der Waals surface area contributed by atoms with E-state index in [-0.39, 0.29) is 11.9 Å². The second kappa shape index (κ2) is 5.60. The molecule has 2 aromatic rings. The van der Waals surface area contributed by atoms with Crippen LogP contribution in [0.4, 0.5) is 0 Å². The smallest absolute Gasteiger partial charge is 0.300 e. The fraction of sp³-hybridized carbons (Fsp3) is 0.500. The van der Waals surface area contributed by atoms with E-state index < -0.39 is 0 Å². The Hall–Kier alpha value is -1.51.